The van der Waals surface area contributed by atoms with Gasteiger partial charge in [0, 0.05) is 22.6 Å². The van der Waals surface area contributed by atoms with Crippen LogP contribution in [0.5, 0.6) is 0 Å². The van der Waals surface area contributed by atoms with E-state index in [1.807, 2.05) is 0 Å². The second-order valence-electron chi connectivity index (χ2n) is 3.92. The molecule has 0 saturated carbocycles. The van der Waals surface area contributed by atoms with Crippen LogP contribution in [-0.2, 0) is 4.74 Å². The maximum absolute atomic E-state index is 12.0. The Labute approximate surface area is 124 Å². The van der Waals surface area contributed by atoms with Crippen LogP contribution in [0.4, 0.5) is 5.69 Å². The van der Waals surface area contributed by atoms with Gasteiger partial charge in [0.1, 0.15) is 0 Å². The molecule has 102 valence electrons. The predicted molar refractivity (Wildman–Crippen MR) is 77.7 cm³/mol. The summed E-state index contributed by atoms with van der Waals surface area (Å²) in [6.07, 6.45) is 3.05. The minimum Gasteiger partial charge on any atom is -0.465 e. The number of amides is 1. The third kappa shape index (κ3) is 3.42. The summed E-state index contributed by atoms with van der Waals surface area (Å²) in [4.78, 5) is 27.4. The van der Waals surface area contributed by atoms with Crippen molar-refractivity contribution in [3.8, 4) is 0 Å². The van der Waals surface area contributed by atoms with Crippen molar-refractivity contribution in [3.05, 3.63) is 58.3 Å². The zero-order valence-corrected chi connectivity index (χ0v) is 12.2. The SMILES string of the molecule is COC(=O)c1cccc(NC(=O)c2cncc(Br)c2)c1. The van der Waals surface area contributed by atoms with E-state index in [1.54, 1.807) is 36.5 Å². The predicted octanol–water partition coefficient (Wildman–Crippen LogP) is 2.88. The number of hydrogen-bond acceptors (Lipinski definition) is 4. The van der Waals surface area contributed by atoms with Crippen molar-refractivity contribution < 1.29 is 14.3 Å². The molecule has 0 spiro atoms. The highest BCUT2D eigenvalue weighted by Gasteiger charge is 2.09. The first kappa shape index (κ1) is 14.2. The van der Waals surface area contributed by atoms with E-state index < -0.39 is 5.97 Å². The lowest BCUT2D eigenvalue weighted by atomic mass is 10.2. The van der Waals surface area contributed by atoms with Gasteiger partial charge in [0.05, 0.1) is 18.2 Å². The van der Waals surface area contributed by atoms with Gasteiger partial charge in [-0.3, -0.25) is 9.78 Å². The van der Waals surface area contributed by atoms with Crippen LogP contribution in [0.3, 0.4) is 0 Å². The highest BCUT2D eigenvalue weighted by molar-refractivity contribution is 9.10. The number of hydrogen-bond donors (Lipinski definition) is 1. The smallest absolute Gasteiger partial charge is 0.337 e. The summed E-state index contributed by atoms with van der Waals surface area (Å²) in [5.74, 6) is -0.758. The van der Waals surface area contributed by atoms with Gasteiger partial charge in [-0.05, 0) is 40.2 Å². The number of pyridine rings is 1. The fourth-order valence-electron chi connectivity index (χ4n) is 1.58. The molecule has 5 nitrogen and oxygen atoms in total. The lowest BCUT2D eigenvalue weighted by Gasteiger charge is -2.06. The van der Waals surface area contributed by atoms with Crippen molar-refractivity contribution in [2.24, 2.45) is 0 Å². The topological polar surface area (TPSA) is 68.3 Å². The van der Waals surface area contributed by atoms with Crippen molar-refractivity contribution >= 4 is 33.5 Å². The van der Waals surface area contributed by atoms with Crippen LogP contribution in [-0.4, -0.2) is 24.0 Å². The fraction of sp³-hybridized carbons (Fsp3) is 0.0714. The molecule has 20 heavy (non-hydrogen) atoms. The van der Waals surface area contributed by atoms with E-state index in [9.17, 15) is 9.59 Å². The lowest BCUT2D eigenvalue weighted by molar-refractivity contribution is 0.0600. The van der Waals surface area contributed by atoms with Crippen LogP contribution in [0, 0.1) is 0 Å². The average molecular weight is 335 g/mol. The molecule has 2 aromatic rings. The Hall–Kier alpha value is -2.21. The first-order valence-corrected chi connectivity index (χ1v) is 6.50. The summed E-state index contributed by atoms with van der Waals surface area (Å²) < 4.78 is 5.34. The van der Waals surface area contributed by atoms with Crippen LogP contribution < -0.4 is 5.32 Å². The molecular weight excluding hydrogens is 324 g/mol. The van der Waals surface area contributed by atoms with Crippen molar-refractivity contribution in [1.82, 2.24) is 4.98 Å². The van der Waals surface area contributed by atoms with Crippen molar-refractivity contribution in [1.29, 1.82) is 0 Å². The van der Waals surface area contributed by atoms with Gasteiger partial charge >= 0.3 is 5.97 Å². The number of anilines is 1. The zero-order chi connectivity index (χ0) is 14.5. The number of ether oxygens (including phenoxy) is 1. The Morgan fingerprint density at radius 2 is 2.00 bits per heavy atom. The number of nitrogens with zero attached hydrogens (tertiary/aromatic N) is 1. The number of methoxy groups -OCH3 is 1. The molecule has 6 heteroatoms. The largest absolute Gasteiger partial charge is 0.465 e. The summed E-state index contributed by atoms with van der Waals surface area (Å²) in [5.41, 5.74) is 1.30. The summed E-state index contributed by atoms with van der Waals surface area (Å²) in [6, 6.07) is 8.18. The standard InChI is InChI=1S/C14H11BrN2O3/c1-20-14(19)9-3-2-4-12(6-9)17-13(18)10-5-11(15)8-16-7-10/h2-8H,1H3,(H,17,18). The number of esters is 1. The van der Waals surface area contributed by atoms with Crippen LogP contribution in [0.25, 0.3) is 0 Å². The molecule has 1 heterocycles. The van der Waals surface area contributed by atoms with E-state index in [1.165, 1.54) is 13.3 Å². The minimum absolute atomic E-state index is 0.305. The van der Waals surface area contributed by atoms with Gasteiger partial charge in [0.15, 0.2) is 0 Å². The highest BCUT2D eigenvalue weighted by Crippen LogP contribution is 2.14. The van der Waals surface area contributed by atoms with Gasteiger partial charge in [0.2, 0.25) is 0 Å². The van der Waals surface area contributed by atoms with Crippen molar-refractivity contribution in [3.63, 3.8) is 0 Å². The molecule has 0 bridgehead atoms. The van der Waals surface area contributed by atoms with Gasteiger partial charge in [-0.25, -0.2) is 4.79 Å². The van der Waals surface area contributed by atoms with Gasteiger partial charge in [-0.1, -0.05) is 6.07 Å². The third-order valence-electron chi connectivity index (χ3n) is 2.51. The molecule has 1 N–H and O–H groups in total. The first-order valence-electron chi connectivity index (χ1n) is 5.70. The van der Waals surface area contributed by atoms with Gasteiger partial charge in [0.25, 0.3) is 5.91 Å². The number of halogens is 1. The highest BCUT2D eigenvalue weighted by atomic mass is 79.9. The van der Waals surface area contributed by atoms with E-state index in [0.29, 0.717) is 21.3 Å². The maximum atomic E-state index is 12.0. The van der Waals surface area contributed by atoms with E-state index in [-0.39, 0.29) is 5.91 Å². The molecule has 0 atom stereocenters. The van der Waals surface area contributed by atoms with Crippen LogP contribution >= 0.6 is 15.9 Å². The molecule has 0 fully saturated rings. The second-order valence-corrected chi connectivity index (χ2v) is 4.83. The lowest BCUT2D eigenvalue weighted by Crippen LogP contribution is -2.12. The van der Waals surface area contributed by atoms with Crippen LogP contribution in [0.2, 0.25) is 0 Å². The number of aromatic nitrogens is 1. The van der Waals surface area contributed by atoms with E-state index in [0.717, 1.165) is 0 Å². The Bertz CT molecular complexity index is 658. The molecule has 0 aliphatic rings. The Morgan fingerprint density at radius 3 is 2.70 bits per heavy atom. The summed E-state index contributed by atoms with van der Waals surface area (Å²) in [5, 5.41) is 2.70. The van der Waals surface area contributed by atoms with Gasteiger partial charge in [-0.2, -0.15) is 0 Å². The number of benzene rings is 1. The normalized spacial score (nSPS) is 9.90. The minimum atomic E-state index is -0.453. The number of rotatable bonds is 3. The molecule has 1 amide bonds. The number of nitrogens with one attached hydrogen (secondary N) is 1. The van der Waals surface area contributed by atoms with E-state index >= 15 is 0 Å². The summed E-state index contributed by atoms with van der Waals surface area (Å²) >= 11 is 3.25. The zero-order valence-electron chi connectivity index (χ0n) is 10.6. The summed E-state index contributed by atoms with van der Waals surface area (Å²) in [6.45, 7) is 0. The molecule has 1 aromatic heterocycles. The quantitative estimate of drug-likeness (QED) is 0.876. The molecule has 0 saturated heterocycles. The van der Waals surface area contributed by atoms with Crippen LogP contribution in [0.1, 0.15) is 20.7 Å². The molecule has 1 aromatic carbocycles. The van der Waals surface area contributed by atoms with Crippen molar-refractivity contribution in [2.45, 2.75) is 0 Å². The Morgan fingerprint density at radius 1 is 1.20 bits per heavy atom. The maximum Gasteiger partial charge on any atom is 0.337 e. The van der Waals surface area contributed by atoms with Crippen LogP contribution in [0.15, 0.2) is 47.2 Å². The molecular formula is C14H11BrN2O3. The second kappa shape index (κ2) is 6.29. The molecule has 0 aliphatic carbocycles. The first-order chi connectivity index (χ1) is 9.60. The molecule has 0 unspecified atom stereocenters. The van der Waals surface area contributed by atoms with Gasteiger partial charge < -0.3 is 10.1 Å². The van der Waals surface area contributed by atoms with E-state index in [4.69, 9.17) is 0 Å². The average Bonchev–Trinajstić information content (AvgIpc) is 2.46. The Kier molecular flexibility index (Phi) is 4.47. The van der Waals surface area contributed by atoms with Gasteiger partial charge in [-0.15, -0.1) is 0 Å². The number of carbonyl (C=O) groups excluding carboxylic acids is 2. The van der Waals surface area contributed by atoms with E-state index in [2.05, 4.69) is 31.0 Å². The monoisotopic (exact) mass is 334 g/mol. The fourth-order valence-corrected chi connectivity index (χ4v) is 1.95. The Balaban J connectivity index is 2.18. The third-order valence-corrected chi connectivity index (χ3v) is 2.94. The number of carbonyl (C=O) groups is 2. The molecule has 0 radical (unpaired) electrons. The van der Waals surface area contributed by atoms with Crippen molar-refractivity contribution in [2.75, 3.05) is 12.4 Å². The molecule has 0 aliphatic heterocycles. The molecule has 2 rings (SSSR count). The summed E-state index contributed by atoms with van der Waals surface area (Å²) in [7, 11) is 1.31.